The van der Waals surface area contributed by atoms with Gasteiger partial charge in [0.15, 0.2) is 34.5 Å². The molecule has 0 aliphatic rings. The highest BCUT2D eigenvalue weighted by molar-refractivity contribution is 6.11. The molecule has 6 heteroatoms. The molecule has 0 saturated carbocycles. The van der Waals surface area contributed by atoms with E-state index in [-0.39, 0.29) is 0 Å². The Morgan fingerprint density at radius 3 is 0.311 bits per heavy atom. The van der Waals surface area contributed by atoms with Gasteiger partial charge in [0, 0.05) is 0 Å². The average Bonchev–Trinajstić information content (AvgIpc) is 0.769. The second-order valence-electron chi connectivity index (χ2n) is 39.2. The lowest BCUT2D eigenvalue weighted by molar-refractivity contribution is 0.259. The van der Waals surface area contributed by atoms with Gasteiger partial charge in [0.1, 0.15) is 0 Å². The predicted molar refractivity (Wildman–Crippen MR) is 581 cm³/mol. The van der Waals surface area contributed by atoms with Crippen molar-refractivity contribution in [3.05, 3.63) is 182 Å². The van der Waals surface area contributed by atoms with Crippen LogP contribution in [0.5, 0.6) is 34.5 Å². The fourth-order valence-corrected chi connectivity index (χ4v) is 19.5. The summed E-state index contributed by atoms with van der Waals surface area (Å²) in [5.74, 6) is 5.01. The van der Waals surface area contributed by atoms with E-state index in [0.29, 0.717) is 39.6 Å². The van der Waals surface area contributed by atoms with Gasteiger partial charge in [0.05, 0.1) is 39.6 Å². The van der Waals surface area contributed by atoms with Crippen LogP contribution in [0.4, 0.5) is 0 Å². The number of hydrogen-bond acceptors (Lipinski definition) is 6. The Hall–Kier alpha value is -8.22. The van der Waals surface area contributed by atoms with E-state index in [2.05, 4.69) is 224 Å². The molecular weight excluding hydrogens is 1610 g/mol. The number of ether oxygens (including phenoxy) is 6. The quantitative estimate of drug-likeness (QED) is 0.0354. The lowest BCUT2D eigenvalue weighted by Gasteiger charge is -2.15. The number of benzene rings is 9. The maximum atomic E-state index is 7.01. The Morgan fingerprint density at radius 2 is 0.205 bits per heavy atom. The summed E-state index contributed by atoms with van der Waals surface area (Å²) in [6, 6.07) is 69.6. The van der Waals surface area contributed by atoms with Gasteiger partial charge in [-0.3, -0.25) is 0 Å². The van der Waals surface area contributed by atoms with Gasteiger partial charge < -0.3 is 28.4 Å². The summed E-state index contributed by atoms with van der Waals surface area (Å²) in [6.07, 6.45) is 76.9. The van der Waals surface area contributed by atoms with Crippen molar-refractivity contribution in [2.75, 3.05) is 39.6 Å². The lowest BCUT2D eigenvalue weighted by Crippen LogP contribution is -2.03. The first-order valence-electron chi connectivity index (χ1n) is 55.3. The third-order valence-electron chi connectivity index (χ3n) is 28.0. The Kier molecular flexibility index (Phi) is 53.1. The molecule has 0 aliphatic carbocycles. The van der Waals surface area contributed by atoms with Crippen LogP contribution in [0, 0.1) is 0 Å². The molecule has 0 amide bonds. The van der Waals surface area contributed by atoms with Crippen LogP contribution in [-0.2, 0) is 0 Å². The van der Waals surface area contributed by atoms with Crippen molar-refractivity contribution in [3.8, 4) is 34.5 Å². The van der Waals surface area contributed by atoms with Gasteiger partial charge in [0.2, 0.25) is 0 Å². The first kappa shape index (κ1) is 106. The molecule has 0 unspecified atom stereocenters. The summed E-state index contributed by atoms with van der Waals surface area (Å²) in [5, 5.41) is 20.6. The first-order valence-corrected chi connectivity index (χ1v) is 55.3. The molecule has 0 aromatic heterocycles. The maximum absolute atomic E-state index is 7.01. The highest BCUT2D eigenvalue weighted by Gasteiger charge is 2.17. The normalized spacial score (nSPS) is 11.6. The van der Waals surface area contributed by atoms with Crippen molar-refractivity contribution in [1.82, 2.24) is 0 Å². The Morgan fingerprint density at radius 1 is 0.114 bits per heavy atom. The molecule has 19 aromatic rings. The summed E-state index contributed by atoms with van der Waals surface area (Å²) in [4.78, 5) is 0. The summed E-state index contributed by atoms with van der Waals surface area (Å²) in [7, 11) is 0. The van der Waals surface area contributed by atoms with E-state index in [1.165, 1.54) is 379 Å². The standard InChI is InChI=1S/C126H180O6/c1-7-13-19-25-31-37-43-49-55-61-91-127-121-97-115-109-79-67-103(68-80-109)105-71-83-111(84-72-105)117-99-123(129-93-63-57-51-45-39-33-27-21-15-9-3)125(131-95-65-59-53-47-41-35-29-23-17-11-5)101-119(117)113-87-75-107(76-88-113)108-77-89-114(90-78-108)120-102-126(132-96-66-60-54-48-42-36-30-24-18-12-6)124(130-94-64-58-52-46-40-34-28-22-16-10-4)100-118(120)112-85-73-106(74-86-112)104-69-81-110(82-70-104)116(115)98-122(121)128-92-62-56-50-44-38-32-26-20-14-8-2/h67-90,97-102H,7-66,91-96H2,1-6H3. The van der Waals surface area contributed by atoms with Gasteiger partial charge in [-0.2, -0.15) is 0 Å². The van der Waals surface area contributed by atoms with Crippen molar-refractivity contribution in [2.45, 2.75) is 427 Å². The Labute approximate surface area is 803 Å². The SMILES string of the molecule is CCCCCCCCCCCCOc1cc2c3ccc(cc3)c3ccc(cc3)c3cc(OCCCCCCCCCCCC)c(OCCCCCCCCCCCC)cc3c3ccc(cc3)c3ccc(cc3)c3cc(OCCCCCCCCCCCC)c(OCCCCCCCCCCCC)cc3c3ccc(cc3)c3ccc(cc3)c2cc1OCCCCCCCCCCCC. The topological polar surface area (TPSA) is 55.4 Å². The van der Waals surface area contributed by atoms with Gasteiger partial charge in [-0.25, -0.2) is 0 Å². The maximum Gasteiger partial charge on any atom is 0.161 e. The van der Waals surface area contributed by atoms with Gasteiger partial charge in [-0.1, -0.05) is 534 Å². The molecule has 6 nitrogen and oxygen atoms in total. The Balaban J connectivity index is 1.10. The Bertz CT molecular complexity index is 4140. The van der Waals surface area contributed by atoms with Crippen molar-refractivity contribution in [1.29, 1.82) is 0 Å². The highest BCUT2D eigenvalue weighted by atomic mass is 16.5. The van der Waals surface area contributed by atoms with E-state index in [1.54, 1.807) is 0 Å². The molecule has 0 radical (unpaired) electrons. The van der Waals surface area contributed by atoms with Gasteiger partial charge in [0.25, 0.3) is 0 Å². The first-order chi connectivity index (χ1) is 65.4. The summed E-state index contributed by atoms with van der Waals surface area (Å²) < 4.78 is 42.0. The lowest BCUT2D eigenvalue weighted by atomic mass is 10.0. The van der Waals surface area contributed by atoms with Crippen LogP contribution in [-0.4, -0.2) is 39.6 Å². The van der Waals surface area contributed by atoms with Crippen LogP contribution in [0.3, 0.4) is 0 Å². The van der Waals surface area contributed by atoms with Crippen molar-refractivity contribution in [3.63, 3.8) is 0 Å². The fourth-order valence-electron chi connectivity index (χ4n) is 19.5. The van der Waals surface area contributed by atoms with Crippen LogP contribution in [0.2, 0.25) is 0 Å². The molecule has 0 aliphatic heterocycles. The summed E-state index contributed by atoms with van der Waals surface area (Å²) in [5.41, 5.74) is 0. The molecule has 132 heavy (non-hydrogen) atoms. The van der Waals surface area contributed by atoms with Gasteiger partial charge in [-0.05, 0) is 172 Å². The number of unbranched alkanes of at least 4 members (excludes halogenated alkanes) is 54. The second kappa shape index (κ2) is 66.3. The van der Waals surface area contributed by atoms with E-state index < -0.39 is 0 Å². The molecule has 720 valence electrons. The number of hydrogen-bond donors (Lipinski definition) is 0. The third kappa shape index (κ3) is 38.9. The minimum atomic E-state index is 0.660. The minimum Gasteiger partial charge on any atom is -0.490 e. The third-order valence-corrected chi connectivity index (χ3v) is 28.0. The molecular formula is C126H180O6. The van der Waals surface area contributed by atoms with E-state index in [0.717, 1.165) is 138 Å². The predicted octanol–water partition coefficient (Wildman–Crippen LogP) is 41.2. The highest BCUT2D eigenvalue weighted by Crippen LogP contribution is 2.42. The minimum absolute atomic E-state index is 0.660. The van der Waals surface area contributed by atoms with Crippen LogP contribution in [0.15, 0.2) is 182 Å². The average molecular weight is 1790 g/mol. The largest absolute Gasteiger partial charge is 0.490 e. The molecule has 19 aromatic carbocycles. The monoisotopic (exact) mass is 1790 g/mol. The van der Waals surface area contributed by atoms with Crippen LogP contribution >= 0.6 is 0 Å². The molecule has 0 fully saturated rings. The zero-order valence-electron chi connectivity index (χ0n) is 84.4. The summed E-state index contributed by atoms with van der Waals surface area (Å²) >= 11 is 0. The van der Waals surface area contributed by atoms with Crippen LogP contribution in [0.1, 0.15) is 427 Å². The zero-order valence-corrected chi connectivity index (χ0v) is 84.4. The van der Waals surface area contributed by atoms with E-state index in [4.69, 9.17) is 28.4 Å². The molecule has 0 saturated heterocycles. The molecule has 12 bridgehead atoms. The van der Waals surface area contributed by atoms with Crippen LogP contribution in [0.25, 0.3) is 97.0 Å². The van der Waals surface area contributed by atoms with Crippen molar-refractivity contribution in [2.24, 2.45) is 0 Å². The molecule has 0 spiro atoms. The van der Waals surface area contributed by atoms with E-state index >= 15 is 0 Å². The smallest absolute Gasteiger partial charge is 0.161 e. The van der Waals surface area contributed by atoms with Crippen LogP contribution < -0.4 is 28.4 Å². The van der Waals surface area contributed by atoms with Gasteiger partial charge in [-0.15, -0.1) is 0 Å². The van der Waals surface area contributed by atoms with Gasteiger partial charge >= 0.3 is 0 Å². The molecule has 0 N–H and O–H groups in total. The fraction of sp³-hybridized carbons (Fsp3) is 0.571. The zero-order chi connectivity index (χ0) is 92.0. The van der Waals surface area contributed by atoms with E-state index in [9.17, 15) is 0 Å². The second-order valence-corrected chi connectivity index (χ2v) is 39.2. The molecule has 0 heterocycles. The van der Waals surface area contributed by atoms with E-state index in [1.807, 2.05) is 0 Å². The summed E-state index contributed by atoms with van der Waals surface area (Å²) in [6.45, 7) is 17.8. The number of rotatable bonds is 72. The van der Waals surface area contributed by atoms with Crippen molar-refractivity contribution >= 4 is 97.0 Å². The molecule has 0 atom stereocenters. The molecule has 19 rings (SSSR count). The van der Waals surface area contributed by atoms with Crippen molar-refractivity contribution < 1.29 is 28.4 Å².